The maximum absolute atomic E-state index is 13.6. The van der Waals surface area contributed by atoms with Crippen molar-refractivity contribution in [1.82, 2.24) is 0 Å². The number of benzene rings is 3. The van der Waals surface area contributed by atoms with E-state index in [1.807, 2.05) is 18.2 Å². The van der Waals surface area contributed by atoms with E-state index in [1.54, 1.807) is 6.07 Å². The molecule has 3 aromatic rings. The van der Waals surface area contributed by atoms with Crippen LogP contribution in [0, 0.1) is 23.7 Å². The van der Waals surface area contributed by atoms with Crippen LogP contribution in [-0.4, -0.2) is 17.7 Å². The summed E-state index contributed by atoms with van der Waals surface area (Å²) in [5, 5.41) is 2.31. The van der Waals surface area contributed by atoms with Gasteiger partial charge in [-0.2, -0.15) is 13.2 Å². The first-order chi connectivity index (χ1) is 17.7. The summed E-state index contributed by atoms with van der Waals surface area (Å²) in [4.78, 5) is 41.0. The maximum Gasteiger partial charge on any atom is 0.418 e. The average molecular weight is 505 g/mol. The Bertz CT molecular complexity index is 1400. The first kappa shape index (κ1) is 23.5. The highest BCUT2D eigenvalue weighted by Crippen LogP contribution is 2.61. The van der Waals surface area contributed by atoms with Crippen molar-refractivity contribution in [1.29, 1.82) is 0 Å². The van der Waals surface area contributed by atoms with Gasteiger partial charge in [0.15, 0.2) is 0 Å². The van der Waals surface area contributed by atoms with Crippen molar-refractivity contribution in [2.24, 2.45) is 23.7 Å². The molecule has 1 aliphatic heterocycles. The number of halogens is 3. The molecule has 3 aliphatic rings. The Morgan fingerprint density at radius 1 is 0.838 bits per heavy atom. The number of hydrogen-bond acceptors (Lipinski definition) is 3. The summed E-state index contributed by atoms with van der Waals surface area (Å²) in [7, 11) is 0. The molecule has 2 saturated carbocycles. The molecule has 188 valence electrons. The molecule has 6 rings (SSSR count). The number of carbonyl (C=O) groups is 3. The van der Waals surface area contributed by atoms with Crippen molar-refractivity contribution >= 4 is 29.1 Å². The van der Waals surface area contributed by atoms with Crippen LogP contribution in [0.25, 0.3) is 0 Å². The zero-order chi connectivity index (χ0) is 25.9. The first-order valence-electron chi connectivity index (χ1n) is 12.2. The minimum Gasteiger partial charge on any atom is -0.321 e. The highest BCUT2D eigenvalue weighted by atomic mass is 19.4. The van der Waals surface area contributed by atoms with Crippen LogP contribution >= 0.6 is 0 Å². The van der Waals surface area contributed by atoms with Gasteiger partial charge in [0.05, 0.1) is 28.8 Å². The lowest BCUT2D eigenvalue weighted by Gasteiger charge is -2.28. The van der Waals surface area contributed by atoms with Crippen molar-refractivity contribution in [3.63, 3.8) is 0 Å². The normalized spacial score (nSPS) is 26.5. The molecule has 8 heteroatoms. The second-order valence-electron chi connectivity index (χ2n) is 10.0. The van der Waals surface area contributed by atoms with E-state index >= 15 is 0 Å². The maximum atomic E-state index is 13.6. The van der Waals surface area contributed by atoms with Crippen molar-refractivity contribution in [3.8, 4) is 0 Å². The zero-order valence-electron chi connectivity index (χ0n) is 19.6. The van der Waals surface area contributed by atoms with Crippen molar-refractivity contribution in [2.75, 3.05) is 10.2 Å². The molecule has 3 amide bonds. The quantitative estimate of drug-likeness (QED) is 0.451. The Kier molecular flexibility index (Phi) is 5.44. The molecule has 2 aliphatic carbocycles. The molecule has 3 fully saturated rings. The van der Waals surface area contributed by atoms with Crippen LogP contribution in [0.1, 0.15) is 40.2 Å². The summed E-state index contributed by atoms with van der Waals surface area (Å²) >= 11 is 0. The number of nitrogens with one attached hydrogen (secondary N) is 1. The number of alkyl halides is 3. The lowest BCUT2D eigenvalue weighted by Crippen LogP contribution is -2.33. The Morgan fingerprint density at radius 2 is 1.54 bits per heavy atom. The Morgan fingerprint density at radius 3 is 2.30 bits per heavy atom. The van der Waals surface area contributed by atoms with Crippen LogP contribution in [0.15, 0.2) is 78.9 Å². The molecule has 0 radical (unpaired) electrons. The SMILES string of the molecule is O=C(Nc1ccccc1C(F)(F)F)c1cccc(N2C(=O)[C@@H]3[C@@H]4C[C@@H]([C@H]3C2=O)[C@H](c2ccccc2)C4)c1. The van der Waals surface area contributed by atoms with Gasteiger partial charge in [0.25, 0.3) is 5.91 Å². The lowest BCUT2D eigenvalue weighted by molar-refractivity contribution is -0.137. The number of imide groups is 1. The number of carbonyl (C=O) groups excluding carboxylic acids is 3. The van der Waals surface area contributed by atoms with Crippen LogP contribution in [-0.2, 0) is 15.8 Å². The summed E-state index contributed by atoms with van der Waals surface area (Å²) in [6.07, 6.45) is -2.92. The van der Waals surface area contributed by atoms with Gasteiger partial charge >= 0.3 is 6.18 Å². The van der Waals surface area contributed by atoms with Gasteiger partial charge < -0.3 is 5.32 Å². The van der Waals surface area contributed by atoms with Crippen LogP contribution in [0.5, 0.6) is 0 Å². The molecular weight excluding hydrogens is 481 g/mol. The number of para-hydroxylation sites is 1. The fraction of sp³-hybridized carbons (Fsp3) is 0.276. The van der Waals surface area contributed by atoms with E-state index in [9.17, 15) is 27.6 Å². The first-order valence-corrected chi connectivity index (χ1v) is 12.2. The van der Waals surface area contributed by atoms with E-state index < -0.39 is 23.6 Å². The monoisotopic (exact) mass is 504 g/mol. The van der Waals surface area contributed by atoms with Crippen LogP contribution in [0.2, 0.25) is 0 Å². The molecule has 2 bridgehead atoms. The third-order valence-corrected chi connectivity index (χ3v) is 8.09. The predicted molar refractivity (Wildman–Crippen MR) is 131 cm³/mol. The number of fused-ring (bicyclic) bond motifs is 5. The van der Waals surface area contributed by atoms with E-state index in [1.165, 1.54) is 46.9 Å². The highest BCUT2D eigenvalue weighted by Gasteiger charge is 2.64. The lowest BCUT2D eigenvalue weighted by atomic mass is 9.73. The predicted octanol–water partition coefficient (Wildman–Crippen LogP) is 5.89. The molecule has 0 spiro atoms. The van der Waals surface area contributed by atoms with Crippen molar-refractivity contribution in [2.45, 2.75) is 24.9 Å². The summed E-state index contributed by atoms with van der Waals surface area (Å²) in [5.41, 5.74) is 0.177. The second-order valence-corrected chi connectivity index (χ2v) is 10.0. The highest BCUT2D eigenvalue weighted by molar-refractivity contribution is 6.23. The third kappa shape index (κ3) is 3.82. The fourth-order valence-electron chi connectivity index (χ4n) is 6.62. The minimum absolute atomic E-state index is 0.0530. The molecule has 1 N–H and O–H groups in total. The van der Waals surface area contributed by atoms with Crippen LogP contribution in [0.4, 0.5) is 24.5 Å². The number of hydrogen-bond donors (Lipinski definition) is 1. The summed E-state index contributed by atoms with van der Waals surface area (Å²) < 4.78 is 40.0. The van der Waals surface area contributed by atoms with E-state index in [4.69, 9.17) is 0 Å². The average Bonchev–Trinajstić information content (AvgIpc) is 3.55. The Balaban J connectivity index is 1.25. The number of anilines is 2. The van der Waals surface area contributed by atoms with Crippen molar-refractivity contribution in [3.05, 3.63) is 95.6 Å². The summed E-state index contributed by atoms with van der Waals surface area (Å²) in [5.74, 6) is -1.59. The molecule has 1 saturated heterocycles. The Labute approximate surface area is 211 Å². The number of rotatable bonds is 4. The van der Waals surface area contributed by atoms with Crippen LogP contribution < -0.4 is 10.2 Å². The van der Waals surface area contributed by atoms with Crippen molar-refractivity contribution < 1.29 is 27.6 Å². The van der Waals surface area contributed by atoms with Gasteiger partial charge in [-0.25, -0.2) is 0 Å². The molecule has 0 unspecified atom stereocenters. The molecule has 5 nitrogen and oxygen atoms in total. The molecule has 3 aromatic carbocycles. The minimum atomic E-state index is -4.63. The molecule has 37 heavy (non-hydrogen) atoms. The molecular formula is C29H23F3N2O3. The van der Waals surface area contributed by atoms with E-state index in [-0.39, 0.29) is 52.4 Å². The van der Waals surface area contributed by atoms with Gasteiger partial charge in [-0.15, -0.1) is 0 Å². The fourth-order valence-corrected chi connectivity index (χ4v) is 6.62. The van der Waals surface area contributed by atoms with E-state index in [0.717, 1.165) is 18.9 Å². The van der Waals surface area contributed by atoms with Gasteiger partial charge in [-0.05, 0) is 66.5 Å². The van der Waals surface area contributed by atoms with E-state index in [0.29, 0.717) is 0 Å². The summed E-state index contributed by atoms with van der Waals surface area (Å²) in [6.45, 7) is 0. The van der Waals surface area contributed by atoms with Gasteiger partial charge in [0, 0.05) is 5.56 Å². The van der Waals surface area contributed by atoms with Gasteiger partial charge in [0.2, 0.25) is 11.8 Å². The van der Waals surface area contributed by atoms with Gasteiger partial charge in [-0.3, -0.25) is 19.3 Å². The summed E-state index contributed by atoms with van der Waals surface area (Å²) in [6, 6.07) is 20.7. The van der Waals surface area contributed by atoms with Crippen LogP contribution in [0.3, 0.4) is 0 Å². The number of nitrogens with zero attached hydrogens (tertiary/aromatic N) is 1. The Hall–Kier alpha value is -3.94. The van der Waals surface area contributed by atoms with E-state index in [2.05, 4.69) is 17.4 Å². The number of amides is 3. The molecule has 1 heterocycles. The third-order valence-electron chi connectivity index (χ3n) is 8.09. The van der Waals surface area contributed by atoms with Gasteiger partial charge in [0.1, 0.15) is 0 Å². The zero-order valence-corrected chi connectivity index (χ0v) is 19.6. The largest absolute Gasteiger partial charge is 0.418 e. The standard InChI is InChI=1S/C29H23F3N2O3/c30-29(31,32)22-11-4-5-12-23(22)33-26(35)17-9-6-10-19(13-17)34-27(36)24-18-14-20(16-7-2-1-3-8-16)21(15-18)25(24)28(34)37/h1-13,18,20-21,24-25H,14-15H2,(H,33,35)/t18-,20-,21+,24+,25+/m0/s1. The topological polar surface area (TPSA) is 66.5 Å². The second kappa shape index (κ2) is 8.57. The smallest absolute Gasteiger partial charge is 0.321 e. The molecule has 5 atom stereocenters. The molecule has 0 aromatic heterocycles. The van der Waals surface area contributed by atoms with Gasteiger partial charge in [-0.1, -0.05) is 48.5 Å².